The average Bonchev–Trinajstić information content (AvgIpc) is 2.02. The summed E-state index contributed by atoms with van der Waals surface area (Å²) in [7, 11) is 0. The van der Waals surface area contributed by atoms with Crippen LogP contribution >= 0.6 is 11.6 Å². The van der Waals surface area contributed by atoms with Crippen LogP contribution in [0.4, 0.5) is 18.9 Å². The van der Waals surface area contributed by atoms with Crippen molar-refractivity contribution in [2.24, 2.45) is 0 Å². The molecule has 1 rings (SSSR count). The van der Waals surface area contributed by atoms with Crippen molar-refractivity contribution in [3.63, 3.8) is 0 Å². The van der Waals surface area contributed by atoms with Crippen molar-refractivity contribution in [2.75, 3.05) is 5.73 Å². The van der Waals surface area contributed by atoms with Crippen molar-refractivity contribution in [3.05, 3.63) is 28.3 Å². The van der Waals surface area contributed by atoms with Gasteiger partial charge in [-0.1, -0.05) is 11.6 Å². The predicted octanol–water partition coefficient (Wildman–Crippen LogP) is 2.81. The number of rotatable bonds is 0. The highest BCUT2D eigenvalue weighted by atomic mass is 35.5. The fourth-order valence-electron chi connectivity index (χ4n) is 0.903. The molecular weight excluding hydrogens is 217 g/mol. The van der Waals surface area contributed by atoms with E-state index in [1.54, 1.807) is 6.07 Å². The summed E-state index contributed by atoms with van der Waals surface area (Å²) in [5.74, 6) is 0. The lowest BCUT2D eigenvalue weighted by Crippen LogP contribution is -2.07. The van der Waals surface area contributed by atoms with Crippen LogP contribution in [0.15, 0.2) is 12.1 Å². The van der Waals surface area contributed by atoms with Gasteiger partial charge in [0, 0.05) is 0 Å². The molecule has 0 aromatic heterocycles. The van der Waals surface area contributed by atoms with Gasteiger partial charge in [0.25, 0.3) is 0 Å². The largest absolute Gasteiger partial charge is 0.417 e. The van der Waals surface area contributed by atoms with Gasteiger partial charge >= 0.3 is 6.18 Å². The van der Waals surface area contributed by atoms with Gasteiger partial charge < -0.3 is 5.73 Å². The van der Waals surface area contributed by atoms with Gasteiger partial charge in [-0.05, 0) is 12.1 Å². The normalized spacial score (nSPS) is 11.1. The third-order valence-corrected chi connectivity index (χ3v) is 1.88. The number of nitrogen functional groups attached to an aromatic ring is 1. The first-order chi connectivity index (χ1) is 6.36. The molecule has 2 nitrogen and oxygen atoms in total. The van der Waals surface area contributed by atoms with Crippen molar-refractivity contribution in [1.29, 1.82) is 5.26 Å². The molecule has 0 unspecified atom stereocenters. The molecule has 0 heterocycles. The summed E-state index contributed by atoms with van der Waals surface area (Å²) < 4.78 is 36.8. The highest BCUT2D eigenvalue weighted by Gasteiger charge is 2.33. The molecule has 0 radical (unpaired) electrons. The van der Waals surface area contributed by atoms with Crippen molar-refractivity contribution in [3.8, 4) is 6.07 Å². The number of nitrogens with zero attached hydrogens (tertiary/aromatic N) is 1. The molecule has 0 spiro atoms. The molecule has 1 aromatic carbocycles. The fraction of sp³-hybridized carbons (Fsp3) is 0.125. The van der Waals surface area contributed by atoms with E-state index in [2.05, 4.69) is 0 Å². The molecule has 0 aliphatic rings. The number of halogens is 4. The SMILES string of the molecule is N#Cc1cc(C(F)(F)F)c(Cl)cc1N. The molecule has 0 amide bonds. The van der Waals surface area contributed by atoms with Crippen LogP contribution in [-0.4, -0.2) is 0 Å². The first kappa shape index (κ1) is 10.7. The monoisotopic (exact) mass is 220 g/mol. The maximum Gasteiger partial charge on any atom is 0.417 e. The zero-order valence-corrected chi connectivity index (χ0v) is 7.45. The first-order valence-corrected chi connectivity index (χ1v) is 3.80. The molecule has 0 atom stereocenters. The number of anilines is 1. The average molecular weight is 221 g/mol. The highest BCUT2D eigenvalue weighted by Crippen LogP contribution is 2.36. The topological polar surface area (TPSA) is 49.8 Å². The molecule has 0 aliphatic heterocycles. The summed E-state index contributed by atoms with van der Waals surface area (Å²) in [6.07, 6.45) is -4.57. The van der Waals surface area contributed by atoms with Crippen molar-refractivity contribution in [1.82, 2.24) is 0 Å². The second-order valence-corrected chi connectivity index (χ2v) is 2.94. The van der Waals surface area contributed by atoms with E-state index in [4.69, 9.17) is 22.6 Å². The summed E-state index contributed by atoms with van der Waals surface area (Å²) in [5, 5.41) is 7.95. The van der Waals surface area contributed by atoms with Gasteiger partial charge in [-0.15, -0.1) is 0 Å². The van der Waals surface area contributed by atoms with E-state index in [9.17, 15) is 13.2 Å². The van der Waals surface area contributed by atoms with Gasteiger partial charge in [0.2, 0.25) is 0 Å². The van der Waals surface area contributed by atoms with Crippen molar-refractivity contribution in [2.45, 2.75) is 6.18 Å². The smallest absolute Gasteiger partial charge is 0.398 e. The van der Waals surface area contributed by atoms with E-state index in [0.717, 1.165) is 6.07 Å². The van der Waals surface area contributed by atoms with Crippen LogP contribution in [0.5, 0.6) is 0 Å². The maximum atomic E-state index is 12.3. The summed E-state index contributed by atoms with van der Waals surface area (Å²) in [6, 6.07) is 3.11. The predicted molar refractivity (Wildman–Crippen MR) is 45.6 cm³/mol. The third-order valence-electron chi connectivity index (χ3n) is 1.57. The Morgan fingerprint density at radius 1 is 1.36 bits per heavy atom. The quantitative estimate of drug-likeness (QED) is 0.684. The standard InChI is InChI=1S/C8H4ClF3N2/c9-6-2-7(14)4(3-13)1-5(6)8(10,11)12/h1-2H,14H2. The summed E-state index contributed by atoms with van der Waals surface area (Å²) >= 11 is 5.33. The molecule has 1 aromatic rings. The van der Waals surface area contributed by atoms with E-state index in [-0.39, 0.29) is 11.3 Å². The van der Waals surface area contributed by atoms with Crippen LogP contribution in [0.2, 0.25) is 5.02 Å². The van der Waals surface area contributed by atoms with Gasteiger partial charge in [-0.3, -0.25) is 0 Å². The Labute approximate surface area is 82.7 Å². The number of hydrogen-bond acceptors (Lipinski definition) is 2. The Bertz CT molecular complexity index is 406. The summed E-state index contributed by atoms with van der Waals surface area (Å²) in [5.41, 5.74) is 3.92. The Morgan fingerprint density at radius 2 is 1.93 bits per heavy atom. The van der Waals surface area contributed by atoms with E-state index >= 15 is 0 Å². The van der Waals surface area contributed by atoms with Gasteiger partial charge in [-0.25, -0.2) is 0 Å². The lowest BCUT2D eigenvalue weighted by atomic mass is 10.1. The first-order valence-electron chi connectivity index (χ1n) is 3.42. The van der Waals surface area contributed by atoms with Crippen LogP contribution in [0.1, 0.15) is 11.1 Å². The molecule has 2 N–H and O–H groups in total. The van der Waals surface area contributed by atoms with E-state index in [1.165, 1.54) is 0 Å². The Balaban J connectivity index is 3.41. The van der Waals surface area contributed by atoms with E-state index in [0.29, 0.717) is 6.07 Å². The molecule has 14 heavy (non-hydrogen) atoms. The maximum absolute atomic E-state index is 12.3. The van der Waals surface area contributed by atoms with Crippen LogP contribution < -0.4 is 5.73 Å². The number of alkyl halides is 3. The van der Waals surface area contributed by atoms with Crippen molar-refractivity contribution >= 4 is 17.3 Å². The second-order valence-electron chi connectivity index (χ2n) is 2.53. The molecular formula is C8H4ClF3N2. The molecule has 74 valence electrons. The van der Waals surface area contributed by atoms with Crippen LogP contribution in [0.25, 0.3) is 0 Å². The minimum Gasteiger partial charge on any atom is -0.398 e. The Morgan fingerprint density at radius 3 is 2.36 bits per heavy atom. The van der Waals surface area contributed by atoms with Crippen molar-refractivity contribution < 1.29 is 13.2 Å². The van der Waals surface area contributed by atoms with E-state index < -0.39 is 16.8 Å². The number of hydrogen-bond donors (Lipinski definition) is 1. The lowest BCUT2D eigenvalue weighted by molar-refractivity contribution is -0.137. The van der Waals surface area contributed by atoms with Crippen LogP contribution in [-0.2, 0) is 6.18 Å². The number of nitriles is 1. The molecule has 0 saturated heterocycles. The molecule has 0 bridgehead atoms. The third kappa shape index (κ3) is 1.91. The van der Waals surface area contributed by atoms with Gasteiger partial charge in [0.1, 0.15) is 6.07 Å². The van der Waals surface area contributed by atoms with Gasteiger partial charge in [0.15, 0.2) is 0 Å². The van der Waals surface area contributed by atoms with Gasteiger partial charge in [0.05, 0.1) is 21.8 Å². The van der Waals surface area contributed by atoms with E-state index in [1.807, 2.05) is 0 Å². The molecule has 6 heteroatoms. The fourth-order valence-corrected chi connectivity index (χ4v) is 1.18. The Hall–Kier alpha value is -1.41. The van der Waals surface area contributed by atoms with Gasteiger partial charge in [-0.2, -0.15) is 18.4 Å². The molecule has 0 aliphatic carbocycles. The highest BCUT2D eigenvalue weighted by molar-refractivity contribution is 6.31. The van der Waals surface area contributed by atoms with Crippen LogP contribution in [0.3, 0.4) is 0 Å². The minimum absolute atomic E-state index is 0.0644. The molecule has 0 saturated carbocycles. The zero-order valence-electron chi connectivity index (χ0n) is 6.69. The second kappa shape index (κ2) is 3.39. The number of benzene rings is 1. The molecule has 0 fully saturated rings. The number of nitrogens with two attached hydrogens (primary N) is 1. The summed E-state index contributed by atoms with van der Waals surface area (Å²) in [4.78, 5) is 0. The lowest BCUT2D eigenvalue weighted by Gasteiger charge is -2.09. The Kier molecular flexibility index (Phi) is 2.58. The zero-order chi connectivity index (χ0) is 10.9. The van der Waals surface area contributed by atoms with Crippen LogP contribution in [0, 0.1) is 11.3 Å². The summed E-state index contributed by atoms with van der Waals surface area (Å²) in [6.45, 7) is 0. The minimum atomic E-state index is -4.57.